The predicted molar refractivity (Wildman–Crippen MR) is 86.2 cm³/mol. The highest BCUT2D eigenvalue weighted by molar-refractivity contribution is 14.1. The van der Waals surface area contributed by atoms with E-state index < -0.39 is 0 Å². The number of hydrogen-bond acceptors (Lipinski definition) is 2. The number of rotatable bonds is 7. The molecule has 0 saturated heterocycles. The summed E-state index contributed by atoms with van der Waals surface area (Å²) in [6, 6.07) is 6.41. The Morgan fingerprint density at radius 3 is 2.78 bits per heavy atom. The van der Waals surface area contributed by atoms with E-state index in [1.807, 2.05) is 6.07 Å². The first-order valence-corrected chi connectivity index (χ1v) is 7.73. The highest BCUT2D eigenvalue weighted by Gasteiger charge is 2.20. The molecule has 1 rings (SSSR count). The van der Waals surface area contributed by atoms with E-state index in [0.29, 0.717) is 12.0 Å². The van der Waals surface area contributed by atoms with E-state index in [0.717, 1.165) is 24.6 Å². The molecule has 0 aromatic heterocycles. The summed E-state index contributed by atoms with van der Waals surface area (Å²) in [6.45, 7) is 6.13. The molecule has 0 aliphatic rings. The monoisotopic (exact) mass is 381 g/mol. The zero-order valence-corrected chi connectivity index (χ0v) is 14.1. The third kappa shape index (κ3) is 4.68. The van der Waals surface area contributed by atoms with Gasteiger partial charge in [0.2, 0.25) is 0 Å². The summed E-state index contributed by atoms with van der Waals surface area (Å²) in [6.07, 6.45) is 1.04. The minimum atomic E-state index is 0.329. The van der Waals surface area contributed by atoms with Crippen molar-refractivity contribution in [1.82, 2.24) is 5.32 Å². The lowest BCUT2D eigenvalue weighted by atomic mass is 9.92. The first-order chi connectivity index (χ1) is 8.60. The van der Waals surface area contributed by atoms with Gasteiger partial charge in [0.15, 0.2) is 0 Å². The summed E-state index contributed by atoms with van der Waals surface area (Å²) in [5.41, 5.74) is 1.29. The third-order valence-corrected chi connectivity index (χ3v) is 4.28. The van der Waals surface area contributed by atoms with E-state index in [4.69, 9.17) is 16.3 Å². The second-order valence-electron chi connectivity index (χ2n) is 4.46. The van der Waals surface area contributed by atoms with Gasteiger partial charge < -0.3 is 10.1 Å². The number of benzene rings is 1. The minimum absolute atomic E-state index is 0.329. The smallest absolute Gasteiger partial charge is 0.0465 e. The van der Waals surface area contributed by atoms with Crippen molar-refractivity contribution in [3.8, 4) is 0 Å². The van der Waals surface area contributed by atoms with Crippen LogP contribution in [0.5, 0.6) is 0 Å². The maximum Gasteiger partial charge on any atom is 0.0465 e. The highest BCUT2D eigenvalue weighted by Crippen LogP contribution is 2.30. The first-order valence-electron chi connectivity index (χ1n) is 6.27. The fourth-order valence-electron chi connectivity index (χ4n) is 2.06. The molecule has 2 unspecified atom stereocenters. The van der Waals surface area contributed by atoms with Crippen molar-refractivity contribution in [2.45, 2.75) is 26.3 Å². The van der Waals surface area contributed by atoms with Crippen LogP contribution in [0.3, 0.4) is 0 Å². The molecule has 4 heteroatoms. The van der Waals surface area contributed by atoms with E-state index in [1.54, 1.807) is 7.11 Å². The Morgan fingerprint density at radius 2 is 2.17 bits per heavy atom. The van der Waals surface area contributed by atoms with Gasteiger partial charge >= 0.3 is 0 Å². The van der Waals surface area contributed by atoms with Gasteiger partial charge in [-0.3, -0.25) is 0 Å². The molecule has 1 aromatic carbocycles. The molecule has 0 aliphatic carbocycles. The number of ether oxygens (including phenoxy) is 1. The molecule has 0 aliphatic heterocycles. The zero-order chi connectivity index (χ0) is 13.5. The van der Waals surface area contributed by atoms with Crippen LogP contribution >= 0.6 is 34.2 Å². The number of hydrogen-bond donors (Lipinski definition) is 1. The van der Waals surface area contributed by atoms with Crippen LogP contribution in [0.4, 0.5) is 0 Å². The van der Waals surface area contributed by atoms with Crippen LogP contribution in [0.1, 0.15) is 31.9 Å². The minimum Gasteiger partial charge on any atom is -0.385 e. The van der Waals surface area contributed by atoms with Crippen molar-refractivity contribution < 1.29 is 4.74 Å². The molecule has 2 nitrogen and oxygen atoms in total. The molecule has 0 heterocycles. The van der Waals surface area contributed by atoms with Gasteiger partial charge in [0.25, 0.3) is 0 Å². The van der Waals surface area contributed by atoms with Gasteiger partial charge in [-0.2, -0.15) is 0 Å². The van der Waals surface area contributed by atoms with Crippen molar-refractivity contribution in [3.05, 3.63) is 32.4 Å². The molecular weight excluding hydrogens is 361 g/mol. The molecule has 0 spiro atoms. The SMILES string of the molecule is CCNC(c1cc(Cl)ccc1I)C(C)CCOC. The van der Waals surface area contributed by atoms with Crippen molar-refractivity contribution >= 4 is 34.2 Å². The molecule has 0 fully saturated rings. The van der Waals surface area contributed by atoms with Crippen LogP contribution in [0.2, 0.25) is 5.02 Å². The average molecular weight is 382 g/mol. The summed E-state index contributed by atoms with van der Waals surface area (Å²) in [4.78, 5) is 0. The van der Waals surface area contributed by atoms with E-state index in [1.165, 1.54) is 9.13 Å². The molecular formula is C14H21ClINO. The Bertz CT molecular complexity index is 373. The molecule has 0 bridgehead atoms. The Hall–Kier alpha value is 0.160. The van der Waals surface area contributed by atoms with Gasteiger partial charge in [0.1, 0.15) is 0 Å². The quantitative estimate of drug-likeness (QED) is 0.712. The fourth-order valence-corrected chi connectivity index (χ4v) is 2.91. The second-order valence-corrected chi connectivity index (χ2v) is 6.06. The van der Waals surface area contributed by atoms with E-state index >= 15 is 0 Å². The highest BCUT2D eigenvalue weighted by atomic mass is 127. The molecule has 0 amide bonds. The maximum atomic E-state index is 6.11. The van der Waals surface area contributed by atoms with Gasteiger partial charge in [-0.05, 0) is 65.2 Å². The van der Waals surface area contributed by atoms with Crippen molar-refractivity contribution in [3.63, 3.8) is 0 Å². The summed E-state index contributed by atoms with van der Waals surface area (Å²) < 4.78 is 6.43. The van der Waals surface area contributed by atoms with Crippen LogP contribution in [0, 0.1) is 9.49 Å². The molecule has 1 N–H and O–H groups in total. The summed E-state index contributed by atoms with van der Waals surface area (Å²) >= 11 is 8.49. The molecule has 18 heavy (non-hydrogen) atoms. The normalized spacial score (nSPS) is 14.5. The average Bonchev–Trinajstić information content (AvgIpc) is 2.36. The zero-order valence-electron chi connectivity index (χ0n) is 11.2. The second kappa shape index (κ2) is 8.35. The number of nitrogens with one attached hydrogen (secondary N) is 1. The van der Waals surface area contributed by atoms with Gasteiger partial charge in [-0.15, -0.1) is 0 Å². The number of methoxy groups -OCH3 is 1. The van der Waals surface area contributed by atoms with Crippen LogP contribution in [-0.4, -0.2) is 20.3 Å². The molecule has 102 valence electrons. The Balaban J connectivity index is 2.92. The van der Waals surface area contributed by atoms with Crippen molar-refractivity contribution in [2.24, 2.45) is 5.92 Å². The largest absolute Gasteiger partial charge is 0.385 e. The first kappa shape index (κ1) is 16.2. The van der Waals surface area contributed by atoms with Crippen LogP contribution in [-0.2, 0) is 4.74 Å². The summed E-state index contributed by atoms with van der Waals surface area (Å²) in [5, 5.41) is 4.36. The Kier molecular flexibility index (Phi) is 7.53. The van der Waals surface area contributed by atoms with Crippen LogP contribution in [0.25, 0.3) is 0 Å². The van der Waals surface area contributed by atoms with Crippen molar-refractivity contribution in [1.29, 1.82) is 0 Å². The van der Waals surface area contributed by atoms with E-state index in [9.17, 15) is 0 Å². The van der Waals surface area contributed by atoms with E-state index in [-0.39, 0.29) is 0 Å². The Morgan fingerprint density at radius 1 is 1.44 bits per heavy atom. The van der Waals surface area contributed by atoms with Gasteiger partial charge in [0, 0.05) is 28.4 Å². The molecule has 2 atom stereocenters. The van der Waals surface area contributed by atoms with Gasteiger partial charge in [-0.1, -0.05) is 25.4 Å². The van der Waals surface area contributed by atoms with Crippen LogP contribution < -0.4 is 5.32 Å². The third-order valence-electron chi connectivity index (χ3n) is 3.06. The van der Waals surface area contributed by atoms with E-state index in [2.05, 4.69) is 53.9 Å². The topological polar surface area (TPSA) is 21.3 Å². The summed E-state index contributed by atoms with van der Waals surface area (Å²) in [7, 11) is 1.75. The number of halogens is 2. The van der Waals surface area contributed by atoms with Crippen LogP contribution in [0.15, 0.2) is 18.2 Å². The summed E-state index contributed by atoms with van der Waals surface area (Å²) in [5.74, 6) is 0.511. The lowest BCUT2D eigenvalue weighted by Crippen LogP contribution is -2.28. The maximum absolute atomic E-state index is 6.11. The fraction of sp³-hybridized carbons (Fsp3) is 0.571. The molecule has 0 radical (unpaired) electrons. The lowest BCUT2D eigenvalue weighted by molar-refractivity contribution is 0.170. The van der Waals surface area contributed by atoms with Gasteiger partial charge in [0.05, 0.1) is 0 Å². The van der Waals surface area contributed by atoms with Gasteiger partial charge in [-0.25, -0.2) is 0 Å². The lowest BCUT2D eigenvalue weighted by Gasteiger charge is -2.26. The molecule has 1 aromatic rings. The Labute approximate surface area is 129 Å². The molecule has 0 saturated carbocycles. The standard InChI is InChI=1S/C14H21ClINO/c1-4-17-14(10(2)7-8-18-3)12-9-11(15)5-6-13(12)16/h5-6,9-10,14,17H,4,7-8H2,1-3H3. The predicted octanol–water partition coefficient (Wildman–Crippen LogP) is 4.27. The van der Waals surface area contributed by atoms with Crippen molar-refractivity contribution in [2.75, 3.05) is 20.3 Å².